The quantitative estimate of drug-likeness (QED) is 0.593. The molecule has 0 aromatic carbocycles. The Labute approximate surface area is 82.2 Å². The summed E-state index contributed by atoms with van der Waals surface area (Å²) in [4.78, 5) is 0. The molecule has 0 amide bonds. The van der Waals surface area contributed by atoms with E-state index >= 15 is 0 Å². The van der Waals surface area contributed by atoms with Crippen LogP contribution in [-0.2, 0) is 4.74 Å². The van der Waals surface area contributed by atoms with Gasteiger partial charge in [-0.05, 0) is 44.1 Å². The van der Waals surface area contributed by atoms with E-state index < -0.39 is 0 Å². The summed E-state index contributed by atoms with van der Waals surface area (Å²) < 4.78 is 5.50. The number of hydrogen-bond donors (Lipinski definition) is 0. The fourth-order valence-electron chi connectivity index (χ4n) is 1.96. The first-order chi connectivity index (χ1) is 5.87. The second kappa shape index (κ2) is 3.45. The van der Waals surface area contributed by atoms with Gasteiger partial charge in [0.05, 0.1) is 5.60 Å². The summed E-state index contributed by atoms with van der Waals surface area (Å²) in [6.45, 7) is 8.91. The van der Waals surface area contributed by atoms with E-state index in [-0.39, 0.29) is 5.60 Å². The third-order valence-electron chi connectivity index (χ3n) is 3.12. The normalized spacial score (nSPS) is 22.7. The summed E-state index contributed by atoms with van der Waals surface area (Å²) in [6.07, 6.45) is 6.20. The molecule has 1 aliphatic rings. The first kappa shape index (κ1) is 10.8. The molecule has 0 fully saturated rings. The molecule has 0 bridgehead atoms. The molecule has 0 aromatic rings. The van der Waals surface area contributed by atoms with E-state index in [4.69, 9.17) is 4.74 Å². The minimum absolute atomic E-state index is 0.0717. The number of methoxy groups -OCH3 is 1. The Morgan fingerprint density at radius 1 is 1.38 bits per heavy atom. The Kier molecular flexibility index (Phi) is 2.86. The van der Waals surface area contributed by atoms with E-state index in [0.29, 0.717) is 5.41 Å². The molecule has 0 saturated carbocycles. The van der Waals surface area contributed by atoms with Crippen molar-refractivity contribution in [3.05, 3.63) is 11.6 Å². The Morgan fingerprint density at radius 3 is 2.46 bits per heavy atom. The van der Waals surface area contributed by atoms with Crippen LogP contribution in [0.3, 0.4) is 0 Å². The Morgan fingerprint density at radius 2 is 2.00 bits per heavy atom. The van der Waals surface area contributed by atoms with Crippen molar-refractivity contribution in [2.24, 2.45) is 5.41 Å². The molecule has 0 aliphatic heterocycles. The molecule has 1 aliphatic carbocycles. The summed E-state index contributed by atoms with van der Waals surface area (Å²) in [7, 11) is 1.79. The van der Waals surface area contributed by atoms with E-state index in [2.05, 4.69) is 33.8 Å². The predicted molar refractivity (Wildman–Crippen MR) is 56.8 cm³/mol. The molecule has 0 saturated heterocycles. The van der Waals surface area contributed by atoms with Crippen LogP contribution in [0.2, 0.25) is 0 Å². The molecular formula is C12H22O. The smallest absolute Gasteiger partial charge is 0.0831 e. The summed E-state index contributed by atoms with van der Waals surface area (Å²) in [5.41, 5.74) is 1.76. The summed E-state index contributed by atoms with van der Waals surface area (Å²) >= 11 is 0. The molecule has 76 valence electrons. The molecule has 0 radical (unpaired) electrons. The summed E-state index contributed by atoms with van der Waals surface area (Å²) in [5, 5.41) is 0. The lowest BCUT2D eigenvalue weighted by Crippen LogP contribution is -2.29. The average Bonchev–Trinajstić information content (AvgIpc) is 2.03. The number of rotatable bonds is 2. The van der Waals surface area contributed by atoms with Gasteiger partial charge in [0.2, 0.25) is 0 Å². The van der Waals surface area contributed by atoms with Crippen LogP contribution in [0.25, 0.3) is 0 Å². The van der Waals surface area contributed by atoms with Gasteiger partial charge in [-0.3, -0.25) is 0 Å². The minimum Gasteiger partial charge on any atom is -0.374 e. The first-order valence-corrected chi connectivity index (χ1v) is 5.15. The van der Waals surface area contributed by atoms with Crippen molar-refractivity contribution in [3.8, 4) is 0 Å². The van der Waals surface area contributed by atoms with Crippen molar-refractivity contribution in [3.63, 3.8) is 0 Å². The predicted octanol–water partition coefficient (Wildman–Crippen LogP) is 3.55. The largest absolute Gasteiger partial charge is 0.374 e. The maximum Gasteiger partial charge on any atom is 0.0831 e. The molecule has 1 rings (SSSR count). The van der Waals surface area contributed by atoms with Gasteiger partial charge >= 0.3 is 0 Å². The molecule has 13 heavy (non-hydrogen) atoms. The van der Waals surface area contributed by atoms with E-state index in [0.717, 1.165) is 0 Å². The topological polar surface area (TPSA) is 9.23 Å². The second-order valence-corrected chi connectivity index (χ2v) is 5.23. The third-order valence-corrected chi connectivity index (χ3v) is 3.12. The van der Waals surface area contributed by atoms with Gasteiger partial charge in [-0.25, -0.2) is 0 Å². The standard InChI is InChI=1S/C12H22O/c1-11(2)8-6-7-10(9-11)12(3,4)13-5/h9H,6-8H2,1-5H3. The van der Waals surface area contributed by atoms with Gasteiger partial charge in [0, 0.05) is 7.11 Å². The zero-order valence-electron chi connectivity index (χ0n) is 9.61. The van der Waals surface area contributed by atoms with Crippen molar-refractivity contribution in [2.45, 2.75) is 52.6 Å². The van der Waals surface area contributed by atoms with Crippen molar-refractivity contribution < 1.29 is 4.74 Å². The van der Waals surface area contributed by atoms with E-state index in [1.165, 1.54) is 24.8 Å². The van der Waals surface area contributed by atoms with Gasteiger partial charge in [0.25, 0.3) is 0 Å². The van der Waals surface area contributed by atoms with Crippen molar-refractivity contribution in [1.29, 1.82) is 0 Å². The Bertz CT molecular complexity index is 211. The van der Waals surface area contributed by atoms with Crippen LogP contribution in [0.1, 0.15) is 47.0 Å². The van der Waals surface area contributed by atoms with Crippen LogP contribution >= 0.6 is 0 Å². The lowest BCUT2D eigenvalue weighted by atomic mass is 9.76. The van der Waals surface area contributed by atoms with Gasteiger partial charge in [-0.15, -0.1) is 0 Å². The zero-order chi connectivity index (χ0) is 10.1. The maximum absolute atomic E-state index is 5.50. The van der Waals surface area contributed by atoms with Crippen molar-refractivity contribution in [1.82, 2.24) is 0 Å². The highest BCUT2D eigenvalue weighted by atomic mass is 16.5. The van der Waals surface area contributed by atoms with E-state index in [1.807, 2.05) is 0 Å². The van der Waals surface area contributed by atoms with Crippen molar-refractivity contribution >= 4 is 0 Å². The van der Waals surface area contributed by atoms with E-state index in [1.54, 1.807) is 7.11 Å². The van der Waals surface area contributed by atoms with Crippen LogP contribution in [-0.4, -0.2) is 12.7 Å². The van der Waals surface area contributed by atoms with Gasteiger partial charge in [0.1, 0.15) is 0 Å². The van der Waals surface area contributed by atoms with Gasteiger partial charge in [0.15, 0.2) is 0 Å². The summed E-state index contributed by atoms with van der Waals surface area (Å²) in [5.74, 6) is 0. The SMILES string of the molecule is COC(C)(C)C1=CC(C)(C)CCC1. The first-order valence-electron chi connectivity index (χ1n) is 5.15. The van der Waals surface area contributed by atoms with Crippen LogP contribution in [0.5, 0.6) is 0 Å². The van der Waals surface area contributed by atoms with Crippen LogP contribution in [0.4, 0.5) is 0 Å². The third kappa shape index (κ3) is 2.57. The highest BCUT2D eigenvalue weighted by molar-refractivity contribution is 5.20. The lowest BCUT2D eigenvalue weighted by molar-refractivity contribution is 0.0486. The molecule has 1 heteroatoms. The fourth-order valence-corrected chi connectivity index (χ4v) is 1.96. The minimum atomic E-state index is -0.0717. The van der Waals surface area contributed by atoms with Crippen LogP contribution < -0.4 is 0 Å². The molecule has 0 N–H and O–H groups in total. The second-order valence-electron chi connectivity index (χ2n) is 5.23. The molecule has 0 spiro atoms. The highest BCUT2D eigenvalue weighted by Crippen LogP contribution is 2.38. The molecule has 1 nitrogen and oxygen atoms in total. The lowest BCUT2D eigenvalue weighted by Gasteiger charge is -2.34. The number of allylic oxidation sites excluding steroid dienone is 1. The highest BCUT2D eigenvalue weighted by Gasteiger charge is 2.29. The molecule has 0 aromatic heterocycles. The Hall–Kier alpha value is -0.300. The zero-order valence-corrected chi connectivity index (χ0v) is 9.61. The Balaban J connectivity index is 2.86. The monoisotopic (exact) mass is 182 g/mol. The molecule has 0 atom stereocenters. The fraction of sp³-hybridized carbons (Fsp3) is 0.833. The van der Waals surface area contributed by atoms with Gasteiger partial charge in [-0.1, -0.05) is 19.9 Å². The van der Waals surface area contributed by atoms with E-state index in [9.17, 15) is 0 Å². The van der Waals surface area contributed by atoms with Crippen LogP contribution in [0.15, 0.2) is 11.6 Å². The van der Waals surface area contributed by atoms with Crippen LogP contribution in [0, 0.1) is 5.41 Å². The molecule has 0 unspecified atom stereocenters. The van der Waals surface area contributed by atoms with Crippen molar-refractivity contribution in [2.75, 3.05) is 7.11 Å². The number of ether oxygens (including phenoxy) is 1. The maximum atomic E-state index is 5.50. The van der Waals surface area contributed by atoms with Gasteiger partial charge in [-0.2, -0.15) is 0 Å². The summed E-state index contributed by atoms with van der Waals surface area (Å²) in [6, 6.07) is 0. The van der Waals surface area contributed by atoms with Gasteiger partial charge < -0.3 is 4.74 Å². The average molecular weight is 182 g/mol. The molecular weight excluding hydrogens is 160 g/mol. The molecule has 0 heterocycles. The number of hydrogen-bond acceptors (Lipinski definition) is 1.